The smallest absolute Gasteiger partial charge is 0.326 e. The van der Waals surface area contributed by atoms with Crippen LogP contribution >= 0.6 is 0 Å². The molecule has 0 spiro atoms. The average Bonchev–Trinajstić information content (AvgIpc) is 2.82. The summed E-state index contributed by atoms with van der Waals surface area (Å²) in [6.07, 6.45) is 1.44. The van der Waals surface area contributed by atoms with Crippen molar-refractivity contribution in [1.82, 2.24) is 9.47 Å². The Bertz CT molecular complexity index is 1220. The fourth-order valence-electron chi connectivity index (χ4n) is 4.45. The summed E-state index contributed by atoms with van der Waals surface area (Å²) in [5.74, 6) is -2.84. The SMILES string of the molecule is CCC(C(=O)O)n1c(CCc2cccc(F)c2F)cc(=O)c2ccc(CCN(CC)CC)cc21. The van der Waals surface area contributed by atoms with Gasteiger partial charge in [0.2, 0.25) is 0 Å². The fraction of sp³-hybridized carbons (Fsp3) is 0.407. The third-order valence-electron chi connectivity index (χ3n) is 6.47. The number of carboxylic acid groups (broad SMARTS) is 1. The van der Waals surface area contributed by atoms with Gasteiger partial charge < -0.3 is 14.6 Å². The molecule has 34 heavy (non-hydrogen) atoms. The zero-order valence-corrected chi connectivity index (χ0v) is 20.0. The van der Waals surface area contributed by atoms with Gasteiger partial charge in [-0.15, -0.1) is 0 Å². The zero-order chi connectivity index (χ0) is 24.8. The second kappa shape index (κ2) is 11.4. The van der Waals surface area contributed by atoms with E-state index in [9.17, 15) is 23.5 Å². The van der Waals surface area contributed by atoms with Crippen LogP contribution < -0.4 is 5.43 Å². The van der Waals surface area contributed by atoms with Crippen LogP contribution in [0.5, 0.6) is 0 Å². The lowest BCUT2D eigenvalue weighted by Gasteiger charge is -2.23. The van der Waals surface area contributed by atoms with Crippen molar-refractivity contribution in [3.63, 3.8) is 0 Å². The molecule has 0 fully saturated rings. The number of likely N-dealkylation sites (N-methyl/N-ethyl adjacent to an activating group) is 1. The maximum absolute atomic E-state index is 14.2. The van der Waals surface area contributed by atoms with Gasteiger partial charge in [0.15, 0.2) is 17.1 Å². The molecule has 0 aliphatic heterocycles. The quantitative estimate of drug-likeness (QED) is 0.429. The van der Waals surface area contributed by atoms with Gasteiger partial charge in [0.05, 0.1) is 5.52 Å². The summed E-state index contributed by atoms with van der Waals surface area (Å²) in [5.41, 5.74) is 2.05. The van der Waals surface area contributed by atoms with E-state index in [1.165, 1.54) is 18.2 Å². The Labute approximate surface area is 198 Å². The third kappa shape index (κ3) is 5.53. The fourth-order valence-corrected chi connectivity index (χ4v) is 4.45. The maximum Gasteiger partial charge on any atom is 0.326 e. The zero-order valence-electron chi connectivity index (χ0n) is 20.0. The molecule has 5 nitrogen and oxygen atoms in total. The first-order chi connectivity index (χ1) is 16.3. The molecule has 0 saturated heterocycles. The van der Waals surface area contributed by atoms with Crippen molar-refractivity contribution < 1.29 is 18.7 Å². The molecule has 3 aromatic rings. The van der Waals surface area contributed by atoms with E-state index in [2.05, 4.69) is 18.7 Å². The van der Waals surface area contributed by atoms with Gasteiger partial charge in [-0.25, -0.2) is 13.6 Å². The summed E-state index contributed by atoms with van der Waals surface area (Å²) in [4.78, 5) is 27.4. The third-order valence-corrected chi connectivity index (χ3v) is 6.47. The minimum absolute atomic E-state index is 0.145. The van der Waals surface area contributed by atoms with Gasteiger partial charge in [0, 0.05) is 23.7 Å². The van der Waals surface area contributed by atoms with Crippen LogP contribution in [0.15, 0.2) is 47.3 Å². The average molecular weight is 471 g/mol. The van der Waals surface area contributed by atoms with E-state index in [-0.39, 0.29) is 23.8 Å². The number of hydrogen-bond donors (Lipinski definition) is 1. The molecule has 0 bridgehead atoms. The number of rotatable bonds is 11. The number of aryl methyl sites for hydroxylation is 2. The summed E-state index contributed by atoms with van der Waals surface area (Å²) in [7, 11) is 0. The molecular formula is C27H32F2N2O3. The van der Waals surface area contributed by atoms with Crippen molar-refractivity contribution in [3.05, 3.63) is 81.1 Å². The second-order valence-electron chi connectivity index (χ2n) is 8.47. The number of pyridine rings is 1. The highest BCUT2D eigenvalue weighted by atomic mass is 19.2. The topological polar surface area (TPSA) is 62.5 Å². The Morgan fingerprint density at radius 1 is 1.03 bits per heavy atom. The molecule has 182 valence electrons. The number of aromatic nitrogens is 1. The predicted octanol–water partition coefficient (Wildman–Crippen LogP) is 4.98. The first-order valence-corrected chi connectivity index (χ1v) is 11.9. The van der Waals surface area contributed by atoms with Crippen molar-refractivity contribution in [1.29, 1.82) is 0 Å². The Morgan fingerprint density at radius 3 is 2.41 bits per heavy atom. The van der Waals surface area contributed by atoms with Gasteiger partial charge in [-0.2, -0.15) is 0 Å². The molecule has 0 aliphatic rings. The monoisotopic (exact) mass is 470 g/mol. The lowest BCUT2D eigenvalue weighted by Crippen LogP contribution is -2.26. The minimum atomic E-state index is -1.00. The van der Waals surface area contributed by atoms with Crippen molar-refractivity contribution in [2.75, 3.05) is 19.6 Å². The Kier molecular flexibility index (Phi) is 8.56. The van der Waals surface area contributed by atoms with Crippen LogP contribution in [-0.2, 0) is 24.1 Å². The normalized spacial score (nSPS) is 12.4. The molecular weight excluding hydrogens is 438 g/mol. The van der Waals surface area contributed by atoms with E-state index in [0.29, 0.717) is 23.0 Å². The van der Waals surface area contributed by atoms with Gasteiger partial charge in [-0.05, 0) is 68.1 Å². The van der Waals surface area contributed by atoms with Crippen molar-refractivity contribution >= 4 is 16.9 Å². The lowest BCUT2D eigenvalue weighted by molar-refractivity contribution is -0.140. The second-order valence-corrected chi connectivity index (χ2v) is 8.47. The van der Waals surface area contributed by atoms with Crippen LogP contribution in [0.3, 0.4) is 0 Å². The number of hydrogen-bond acceptors (Lipinski definition) is 3. The molecule has 2 aromatic carbocycles. The molecule has 1 unspecified atom stereocenters. The summed E-state index contributed by atoms with van der Waals surface area (Å²) in [6, 6.07) is 10.1. The number of fused-ring (bicyclic) bond motifs is 1. The molecule has 7 heteroatoms. The van der Waals surface area contributed by atoms with Crippen molar-refractivity contribution in [3.8, 4) is 0 Å². The molecule has 1 aromatic heterocycles. The standard InChI is InChI=1S/C27H32F2N2O3/c1-4-23(27(33)34)31-20(12-11-19-8-7-9-22(28)26(19)29)17-25(32)21-13-10-18(16-24(21)31)14-15-30(5-2)6-3/h7-10,13,16-17,23H,4-6,11-12,14-15H2,1-3H3,(H,33,34). The van der Waals surface area contributed by atoms with Crippen LogP contribution in [0.4, 0.5) is 8.78 Å². The minimum Gasteiger partial charge on any atom is -0.480 e. The summed E-state index contributed by atoms with van der Waals surface area (Å²) in [6.45, 7) is 8.72. The maximum atomic E-state index is 14.2. The van der Waals surface area contributed by atoms with Gasteiger partial charge in [-0.1, -0.05) is 39.0 Å². The first-order valence-electron chi connectivity index (χ1n) is 11.9. The van der Waals surface area contributed by atoms with E-state index in [1.807, 2.05) is 12.1 Å². The molecule has 0 aliphatic carbocycles. The predicted molar refractivity (Wildman–Crippen MR) is 130 cm³/mol. The molecule has 1 atom stereocenters. The number of benzene rings is 2. The Balaban J connectivity index is 2.09. The van der Waals surface area contributed by atoms with Gasteiger partial charge in [0.1, 0.15) is 6.04 Å². The highest BCUT2D eigenvalue weighted by Crippen LogP contribution is 2.25. The van der Waals surface area contributed by atoms with Gasteiger partial charge in [0.25, 0.3) is 0 Å². The number of carbonyl (C=O) groups is 1. The van der Waals surface area contributed by atoms with E-state index in [0.717, 1.165) is 37.7 Å². The van der Waals surface area contributed by atoms with E-state index in [4.69, 9.17) is 0 Å². The molecule has 1 heterocycles. The number of nitrogens with zero attached hydrogens (tertiary/aromatic N) is 2. The van der Waals surface area contributed by atoms with E-state index < -0.39 is 23.6 Å². The Hall–Kier alpha value is -3.06. The molecule has 1 N–H and O–H groups in total. The summed E-state index contributed by atoms with van der Waals surface area (Å²) < 4.78 is 29.6. The van der Waals surface area contributed by atoms with Crippen LogP contribution in [0, 0.1) is 11.6 Å². The van der Waals surface area contributed by atoms with Crippen molar-refractivity contribution in [2.45, 2.75) is 52.5 Å². The lowest BCUT2D eigenvalue weighted by atomic mass is 10.0. The number of carboxylic acids is 1. The summed E-state index contributed by atoms with van der Waals surface area (Å²) >= 11 is 0. The van der Waals surface area contributed by atoms with Gasteiger partial charge in [-0.3, -0.25) is 4.79 Å². The number of halogens is 2. The largest absolute Gasteiger partial charge is 0.480 e. The van der Waals surface area contributed by atoms with E-state index >= 15 is 0 Å². The number of aliphatic carboxylic acids is 1. The van der Waals surface area contributed by atoms with Crippen LogP contribution in [0.1, 0.15) is 50.1 Å². The molecule has 0 radical (unpaired) electrons. The molecule has 0 amide bonds. The van der Waals surface area contributed by atoms with E-state index in [1.54, 1.807) is 17.6 Å². The molecule has 3 rings (SSSR count). The van der Waals surface area contributed by atoms with Crippen LogP contribution in [0.2, 0.25) is 0 Å². The van der Waals surface area contributed by atoms with Gasteiger partial charge >= 0.3 is 5.97 Å². The van der Waals surface area contributed by atoms with Crippen LogP contribution in [-0.4, -0.2) is 40.2 Å². The summed E-state index contributed by atoms with van der Waals surface area (Å²) in [5, 5.41) is 10.4. The highest BCUT2D eigenvalue weighted by Gasteiger charge is 2.23. The van der Waals surface area contributed by atoms with Crippen molar-refractivity contribution in [2.24, 2.45) is 0 Å². The molecule has 0 saturated carbocycles. The highest BCUT2D eigenvalue weighted by molar-refractivity contribution is 5.83. The first kappa shape index (κ1) is 25.6. The van der Waals surface area contributed by atoms with Crippen LogP contribution in [0.25, 0.3) is 10.9 Å². The Morgan fingerprint density at radius 2 is 1.76 bits per heavy atom.